The minimum absolute atomic E-state index is 0.160. The van der Waals surface area contributed by atoms with Crippen LogP contribution in [0.25, 0.3) is 0 Å². The molecule has 0 radical (unpaired) electrons. The molecule has 1 heterocycles. The summed E-state index contributed by atoms with van der Waals surface area (Å²) in [6.07, 6.45) is -1.28. The lowest BCUT2D eigenvalue weighted by Gasteiger charge is -2.24. The molecular weight excluding hydrogens is 497 g/mol. The molecule has 1 aliphatic rings. The topological polar surface area (TPSA) is 87.7 Å². The third-order valence-electron chi connectivity index (χ3n) is 6.39. The molecule has 4 aromatic rings. The van der Waals surface area contributed by atoms with Gasteiger partial charge in [-0.2, -0.15) is 0 Å². The maximum atomic E-state index is 13.5. The highest BCUT2D eigenvalue weighted by Crippen LogP contribution is 2.35. The van der Waals surface area contributed by atoms with Gasteiger partial charge in [-0.3, -0.25) is 14.5 Å². The Kier molecular flexibility index (Phi) is 7.63. The number of halogens is 1. The molecule has 39 heavy (non-hydrogen) atoms. The normalized spacial score (nSPS) is 16.4. The van der Waals surface area contributed by atoms with E-state index in [0.717, 1.165) is 11.1 Å². The van der Waals surface area contributed by atoms with E-state index in [9.17, 15) is 18.8 Å². The van der Waals surface area contributed by atoms with Crippen LogP contribution in [0.2, 0.25) is 0 Å². The third kappa shape index (κ3) is 6.30. The van der Waals surface area contributed by atoms with Crippen LogP contribution in [0.5, 0.6) is 0 Å². The number of hydrogen-bond acceptors (Lipinski definition) is 4. The van der Waals surface area contributed by atoms with Gasteiger partial charge in [0.1, 0.15) is 5.82 Å². The number of benzene rings is 4. The average molecular weight is 524 g/mol. The summed E-state index contributed by atoms with van der Waals surface area (Å²) in [5, 5.41) is 5.63. The zero-order valence-electron chi connectivity index (χ0n) is 20.9. The second-order valence-electron chi connectivity index (χ2n) is 9.19. The van der Waals surface area contributed by atoms with Crippen LogP contribution in [0.3, 0.4) is 0 Å². The van der Waals surface area contributed by atoms with Crippen molar-refractivity contribution in [3.63, 3.8) is 0 Å². The van der Waals surface area contributed by atoms with Gasteiger partial charge in [-0.25, -0.2) is 9.18 Å². The molecule has 2 N–H and O–H groups in total. The van der Waals surface area contributed by atoms with Gasteiger partial charge < -0.3 is 15.4 Å². The molecule has 1 aliphatic heterocycles. The monoisotopic (exact) mass is 523 g/mol. The van der Waals surface area contributed by atoms with Crippen molar-refractivity contribution in [2.45, 2.75) is 25.1 Å². The number of nitrogens with zero attached hydrogens (tertiary/aromatic N) is 1. The van der Waals surface area contributed by atoms with Crippen molar-refractivity contribution in [2.75, 3.05) is 10.6 Å². The minimum atomic E-state index is -0.985. The highest BCUT2D eigenvalue weighted by atomic mass is 19.1. The summed E-state index contributed by atoms with van der Waals surface area (Å²) in [4.78, 5) is 40.3. The van der Waals surface area contributed by atoms with E-state index < -0.39 is 30.0 Å². The molecule has 0 aliphatic carbocycles. The molecule has 196 valence electrons. The van der Waals surface area contributed by atoms with E-state index in [1.807, 2.05) is 60.7 Å². The van der Waals surface area contributed by atoms with E-state index in [4.69, 9.17) is 4.74 Å². The molecule has 0 spiro atoms. The lowest BCUT2D eigenvalue weighted by molar-refractivity contribution is -0.121. The zero-order chi connectivity index (χ0) is 27.2. The first kappa shape index (κ1) is 25.7. The van der Waals surface area contributed by atoms with Crippen LogP contribution in [0.15, 0.2) is 109 Å². The third-order valence-corrected chi connectivity index (χ3v) is 6.39. The number of rotatable bonds is 8. The molecule has 1 saturated heterocycles. The molecule has 2 atom stereocenters. The van der Waals surface area contributed by atoms with Gasteiger partial charge in [-0.05, 0) is 53.1 Å². The van der Waals surface area contributed by atoms with E-state index in [-0.39, 0.29) is 18.9 Å². The quantitative estimate of drug-likeness (QED) is 0.310. The molecule has 5 rings (SSSR count). The fourth-order valence-corrected chi connectivity index (χ4v) is 4.48. The largest absolute Gasteiger partial charge is 0.438 e. The predicted octanol–water partition coefficient (Wildman–Crippen LogP) is 5.71. The molecule has 0 aromatic heterocycles. The Hall–Kier alpha value is -4.98. The maximum Gasteiger partial charge on any atom is 0.411 e. The average Bonchev–Trinajstić information content (AvgIpc) is 3.27. The van der Waals surface area contributed by atoms with Crippen LogP contribution >= 0.6 is 0 Å². The van der Waals surface area contributed by atoms with Crippen molar-refractivity contribution < 1.29 is 23.5 Å². The molecular formula is C31H26FN3O4. The Balaban J connectivity index is 1.35. The second kappa shape index (κ2) is 11.6. The number of cyclic esters (lactones) is 1. The molecule has 1 fully saturated rings. The number of hydrogen-bond donors (Lipinski definition) is 2. The van der Waals surface area contributed by atoms with Crippen LogP contribution in [-0.4, -0.2) is 28.8 Å². The second-order valence-corrected chi connectivity index (χ2v) is 9.19. The van der Waals surface area contributed by atoms with E-state index in [2.05, 4.69) is 10.6 Å². The fraction of sp³-hybridized carbons (Fsp3) is 0.129. The summed E-state index contributed by atoms with van der Waals surface area (Å²) in [6.45, 7) is 0.172. The Morgan fingerprint density at radius 2 is 1.31 bits per heavy atom. The SMILES string of the molecule is O=C(Cc1ccccc1)Nc1ccc(C2OC(=O)N(Cc3ccccc3)C2C(=O)Nc2ccc(F)cc2)cc1. The van der Waals surface area contributed by atoms with Gasteiger partial charge in [0.15, 0.2) is 12.1 Å². The van der Waals surface area contributed by atoms with Crippen LogP contribution < -0.4 is 10.6 Å². The molecule has 4 aromatic carbocycles. The zero-order valence-corrected chi connectivity index (χ0v) is 20.9. The molecule has 2 unspecified atom stereocenters. The summed E-state index contributed by atoms with van der Waals surface area (Å²) in [6, 6.07) is 30.0. The number of carbonyl (C=O) groups excluding carboxylic acids is 3. The molecule has 0 bridgehead atoms. The lowest BCUT2D eigenvalue weighted by Crippen LogP contribution is -2.43. The van der Waals surface area contributed by atoms with E-state index in [0.29, 0.717) is 16.9 Å². The summed E-state index contributed by atoms with van der Waals surface area (Å²) >= 11 is 0. The predicted molar refractivity (Wildman–Crippen MR) is 145 cm³/mol. The van der Waals surface area contributed by atoms with Crippen molar-refractivity contribution >= 4 is 29.3 Å². The Morgan fingerprint density at radius 3 is 1.95 bits per heavy atom. The van der Waals surface area contributed by atoms with Crippen molar-refractivity contribution in [1.82, 2.24) is 4.90 Å². The van der Waals surface area contributed by atoms with Gasteiger partial charge in [0.05, 0.1) is 13.0 Å². The van der Waals surface area contributed by atoms with Gasteiger partial charge in [-0.1, -0.05) is 72.8 Å². The number of nitrogens with one attached hydrogen (secondary N) is 2. The maximum absolute atomic E-state index is 13.5. The summed E-state index contributed by atoms with van der Waals surface area (Å²) in [7, 11) is 0. The summed E-state index contributed by atoms with van der Waals surface area (Å²) < 4.78 is 19.1. The van der Waals surface area contributed by atoms with E-state index in [1.165, 1.54) is 29.2 Å². The van der Waals surface area contributed by atoms with E-state index >= 15 is 0 Å². The Morgan fingerprint density at radius 1 is 0.744 bits per heavy atom. The molecule has 8 heteroatoms. The fourth-order valence-electron chi connectivity index (χ4n) is 4.48. The highest BCUT2D eigenvalue weighted by Gasteiger charge is 2.47. The highest BCUT2D eigenvalue weighted by molar-refractivity contribution is 5.98. The number of ether oxygens (including phenoxy) is 1. The molecule has 0 saturated carbocycles. The van der Waals surface area contributed by atoms with Gasteiger partial charge in [0.2, 0.25) is 5.91 Å². The Bertz CT molecular complexity index is 1450. The molecule has 7 nitrogen and oxygen atoms in total. The number of anilines is 2. The van der Waals surface area contributed by atoms with E-state index in [1.54, 1.807) is 24.3 Å². The minimum Gasteiger partial charge on any atom is -0.438 e. The standard InChI is InChI=1S/C31H26FN3O4/c32-24-13-17-26(18-14-24)34-30(37)28-29(39-31(38)35(28)20-22-9-5-2-6-10-22)23-11-15-25(16-12-23)33-27(36)19-21-7-3-1-4-8-21/h1-18,28-29H,19-20H2,(H,33,36)(H,34,37). The lowest BCUT2D eigenvalue weighted by atomic mass is 10.00. The number of carbonyl (C=O) groups is 3. The van der Waals surface area contributed by atoms with Gasteiger partial charge in [-0.15, -0.1) is 0 Å². The first-order chi connectivity index (χ1) is 19.0. The van der Waals surface area contributed by atoms with Gasteiger partial charge in [0.25, 0.3) is 5.91 Å². The van der Waals surface area contributed by atoms with Crippen molar-refractivity contribution in [3.05, 3.63) is 132 Å². The van der Waals surface area contributed by atoms with Crippen LogP contribution in [-0.2, 0) is 27.3 Å². The van der Waals surface area contributed by atoms with Crippen LogP contribution in [0, 0.1) is 5.82 Å². The first-order valence-corrected chi connectivity index (χ1v) is 12.5. The van der Waals surface area contributed by atoms with Gasteiger partial charge >= 0.3 is 6.09 Å². The smallest absolute Gasteiger partial charge is 0.411 e. The van der Waals surface area contributed by atoms with Crippen molar-refractivity contribution in [1.29, 1.82) is 0 Å². The number of amides is 3. The van der Waals surface area contributed by atoms with Crippen molar-refractivity contribution in [3.8, 4) is 0 Å². The van der Waals surface area contributed by atoms with Gasteiger partial charge in [0, 0.05) is 11.4 Å². The molecule has 3 amide bonds. The summed E-state index contributed by atoms with van der Waals surface area (Å²) in [5.41, 5.74) is 3.32. The van der Waals surface area contributed by atoms with Crippen LogP contribution in [0.4, 0.5) is 20.6 Å². The first-order valence-electron chi connectivity index (χ1n) is 12.5. The summed E-state index contributed by atoms with van der Waals surface area (Å²) in [5.74, 6) is -1.05. The Labute approximate surface area is 225 Å². The van der Waals surface area contributed by atoms with Crippen molar-refractivity contribution in [2.24, 2.45) is 0 Å². The van der Waals surface area contributed by atoms with Crippen LogP contribution in [0.1, 0.15) is 22.8 Å².